The molecule has 0 fully saturated rings. The number of amides is 1. The molecule has 11 heteroatoms. The van der Waals surface area contributed by atoms with E-state index in [4.69, 9.17) is 27.4 Å². The van der Waals surface area contributed by atoms with Crippen LogP contribution in [0.1, 0.15) is 35.3 Å². The van der Waals surface area contributed by atoms with Crippen molar-refractivity contribution in [3.8, 4) is 5.75 Å². The minimum atomic E-state index is -4.69. The predicted octanol–water partition coefficient (Wildman–Crippen LogP) is 6.83. The van der Waals surface area contributed by atoms with Gasteiger partial charge in [0.05, 0.1) is 16.1 Å². The highest BCUT2D eigenvalue weighted by Crippen LogP contribution is 2.31. The van der Waals surface area contributed by atoms with Crippen molar-refractivity contribution in [2.75, 3.05) is 0 Å². The fourth-order valence-electron chi connectivity index (χ4n) is 3.16. The van der Waals surface area contributed by atoms with Crippen LogP contribution in [0.5, 0.6) is 5.75 Å². The van der Waals surface area contributed by atoms with Gasteiger partial charge in [-0.15, -0.1) is 0 Å². The Morgan fingerprint density at radius 2 is 1.66 bits per heavy atom. The molecule has 0 N–H and O–H groups in total. The van der Waals surface area contributed by atoms with Gasteiger partial charge in [0.1, 0.15) is 10.6 Å². The molecular weight excluding hydrogens is 526 g/mol. The van der Waals surface area contributed by atoms with Crippen molar-refractivity contribution in [1.29, 1.82) is 0 Å². The summed E-state index contributed by atoms with van der Waals surface area (Å²) in [6, 6.07) is 13.5. The molecule has 0 bridgehead atoms. The first-order chi connectivity index (χ1) is 16.3. The topological polar surface area (TPSA) is 63.7 Å². The summed E-state index contributed by atoms with van der Waals surface area (Å²) in [4.78, 5) is 14.0. The Balaban J connectivity index is 1.77. The van der Waals surface area contributed by atoms with Crippen molar-refractivity contribution < 1.29 is 30.6 Å². The third kappa shape index (κ3) is 6.68. The summed E-state index contributed by atoms with van der Waals surface area (Å²) in [5.74, 6) is -0.400. The van der Waals surface area contributed by atoms with E-state index in [-0.39, 0.29) is 34.8 Å². The van der Waals surface area contributed by atoms with Gasteiger partial charge in [-0.3, -0.25) is 4.79 Å². The van der Waals surface area contributed by atoms with E-state index >= 15 is 0 Å². The van der Waals surface area contributed by atoms with Gasteiger partial charge < -0.3 is 9.08 Å². The lowest BCUT2D eigenvalue weighted by molar-refractivity contribution is -0.137. The Hall–Kier alpha value is -2.75. The first-order valence-corrected chi connectivity index (χ1v) is 12.4. The van der Waals surface area contributed by atoms with E-state index in [9.17, 15) is 26.4 Å². The van der Waals surface area contributed by atoms with Crippen molar-refractivity contribution in [3.05, 3.63) is 93.5 Å². The monoisotopic (exact) mass is 545 g/mol. The third-order valence-corrected chi connectivity index (χ3v) is 6.77. The lowest BCUT2D eigenvalue weighted by Gasteiger charge is -2.27. The molecule has 0 spiro atoms. The molecule has 0 aliphatic rings. The maximum Gasteiger partial charge on any atom is 0.416 e. The minimum Gasteiger partial charge on any atom is -0.379 e. The van der Waals surface area contributed by atoms with Crippen LogP contribution in [0, 0.1) is 0 Å². The van der Waals surface area contributed by atoms with Crippen LogP contribution in [0.15, 0.2) is 71.6 Å². The molecule has 35 heavy (non-hydrogen) atoms. The van der Waals surface area contributed by atoms with Gasteiger partial charge in [0, 0.05) is 17.6 Å². The highest BCUT2D eigenvalue weighted by atomic mass is 35.5. The van der Waals surface area contributed by atoms with Crippen LogP contribution in [-0.2, 0) is 22.8 Å². The molecule has 0 atom stereocenters. The van der Waals surface area contributed by atoms with Crippen LogP contribution in [0.4, 0.5) is 13.2 Å². The second kappa shape index (κ2) is 10.5. The second-order valence-electron chi connectivity index (χ2n) is 7.86. The summed E-state index contributed by atoms with van der Waals surface area (Å²) >= 11 is 12.1. The fourth-order valence-corrected chi connectivity index (χ4v) is 4.62. The van der Waals surface area contributed by atoms with E-state index in [2.05, 4.69) is 0 Å². The van der Waals surface area contributed by atoms with Crippen LogP contribution in [0.25, 0.3) is 0 Å². The largest absolute Gasteiger partial charge is 0.416 e. The Morgan fingerprint density at radius 1 is 1.00 bits per heavy atom. The molecule has 3 aromatic carbocycles. The first kappa shape index (κ1) is 26.8. The van der Waals surface area contributed by atoms with Crippen LogP contribution in [-0.4, -0.2) is 25.3 Å². The van der Waals surface area contributed by atoms with Crippen LogP contribution < -0.4 is 4.18 Å². The summed E-state index contributed by atoms with van der Waals surface area (Å²) in [5.41, 5.74) is -0.144. The Bertz CT molecular complexity index is 1330. The molecule has 0 aliphatic carbocycles. The lowest BCUT2D eigenvalue weighted by atomic mass is 10.1. The number of carbonyl (C=O) groups excluding carboxylic acids is 1. The molecule has 0 heterocycles. The number of nitrogens with zero attached hydrogens (tertiary/aromatic N) is 1. The number of rotatable bonds is 7. The molecule has 3 aromatic rings. The van der Waals surface area contributed by atoms with E-state index in [0.717, 1.165) is 18.2 Å². The number of alkyl halides is 3. The number of carbonyl (C=O) groups is 1. The average Bonchev–Trinajstić information content (AvgIpc) is 2.77. The zero-order chi connectivity index (χ0) is 26.0. The van der Waals surface area contributed by atoms with Gasteiger partial charge in [0.2, 0.25) is 0 Å². The van der Waals surface area contributed by atoms with Crippen LogP contribution in [0.3, 0.4) is 0 Å². The van der Waals surface area contributed by atoms with Gasteiger partial charge in [0.15, 0.2) is 0 Å². The van der Waals surface area contributed by atoms with Gasteiger partial charge in [0.25, 0.3) is 5.91 Å². The number of halogens is 5. The second-order valence-corrected chi connectivity index (χ2v) is 10.2. The van der Waals surface area contributed by atoms with E-state index in [0.29, 0.717) is 16.7 Å². The molecule has 0 saturated heterocycles. The van der Waals surface area contributed by atoms with Crippen molar-refractivity contribution in [3.63, 3.8) is 0 Å². The van der Waals surface area contributed by atoms with Gasteiger partial charge >= 0.3 is 16.3 Å². The number of hydrogen-bond acceptors (Lipinski definition) is 4. The van der Waals surface area contributed by atoms with E-state index in [1.165, 1.54) is 24.3 Å². The highest BCUT2D eigenvalue weighted by molar-refractivity contribution is 7.87. The third-order valence-electron chi connectivity index (χ3n) is 4.98. The fraction of sp³-hybridized carbons (Fsp3) is 0.208. The summed E-state index contributed by atoms with van der Waals surface area (Å²) < 4.78 is 68.7. The lowest BCUT2D eigenvalue weighted by Crippen LogP contribution is -2.36. The van der Waals surface area contributed by atoms with Crippen LogP contribution >= 0.6 is 23.2 Å². The Kier molecular flexibility index (Phi) is 8.03. The van der Waals surface area contributed by atoms with E-state index in [1.807, 2.05) is 13.8 Å². The van der Waals surface area contributed by atoms with Gasteiger partial charge in [-0.2, -0.15) is 21.6 Å². The van der Waals surface area contributed by atoms with Crippen molar-refractivity contribution in [1.82, 2.24) is 4.90 Å². The molecule has 186 valence electrons. The van der Waals surface area contributed by atoms with Gasteiger partial charge in [-0.25, -0.2) is 0 Å². The van der Waals surface area contributed by atoms with Crippen molar-refractivity contribution in [2.45, 2.75) is 37.5 Å². The van der Waals surface area contributed by atoms with Gasteiger partial charge in [-0.1, -0.05) is 41.4 Å². The molecular formula is C24H20Cl2F3NO4S. The molecule has 3 rings (SSSR count). The molecule has 5 nitrogen and oxygen atoms in total. The number of benzene rings is 3. The maximum atomic E-state index is 13.0. The minimum absolute atomic E-state index is 0.0886. The Morgan fingerprint density at radius 3 is 2.23 bits per heavy atom. The molecule has 1 amide bonds. The maximum absolute atomic E-state index is 13.0. The molecule has 0 aromatic heterocycles. The standard InChI is InChI=1S/C24H20Cl2F3NO4S/c1-15(2)30(23(31)21-11-8-18(25)13-22(21)26)14-16-6-9-19(10-7-16)34-35(32,33)20-5-3-4-17(12-20)24(27,28)29/h3-13,15H,14H2,1-2H3. The first-order valence-electron chi connectivity index (χ1n) is 10.2. The highest BCUT2D eigenvalue weighted by Gasteiger charge is 2.32. The quantitative estimate of drug-likeness (QED) is 0.305. The van der Waals surface area contributed by atoms with Gasteiger partial charge in [-0.05, 0) is 67.9 Å². The summed E-state index contributed by atoms with van der Waals surface area (Å²) in [7, 11) is -4.49. The van der Waals surface area contributed by atoms with E-state index in [1.54, 1.807) is 23.1 Å². The molecule has 0 aliphatic heterocycles. The molecule has 0 radical (unpaired) electrons. The van der Waals surface area contributed by atoms with Crippen molar-refractivity contribution in [2.24, 2.45) is 0 Å². The SMILES string of the molecule is CC(C)N(Cc1ccc(OS(=O)(=O)c2cccc(C(F)(F)F)c2)cc1)C(=O)c1ccc(Cl)cc1Cl. The summed E-state index contributed by atoms with van der Waals surface area (Å²) in [5, 5.41) is 0.620. The summed E-state index contributed by atoms with van der Waals surface area (Å²) in [6.45, 7) is 3.86. The zero-order valence-corrected chi connectivity index (χ0v) is 20.8. The van der Waals surface area contributed by atoms with Crippen LogP contribution in [0.2, 0.25) is 10.0 Å². The van der Waals surface area contributed by atoms with E-state index < -0.39 is 26.8 Å². The normalized spacial score (nSPS) is 12.0. The zero-order valence-electron chi connectivity index (χ0n) is 18.5. The van der Waals surface area contributed by atoms with Crippen molar-refractivity contribution >= 4 is 39.2 Å². The predicted molar refractivity (Wildman–Crippen MR) is 127 cm³/mol. The number of hydrogen-bond donors (Lipinski definition) is 0. The molecule has 0 saturated carbocycles. The Labute approximate surface area is 211 Å². The summed E-state index contributed by atoms with van der Waals surface area (Å²) in [6.07, 6.45) is -4.69. The average molecular weight is 546 g/mol. The smallest absolute Gasteiger partial charge is 0.379 e. The molecule has 0 unspecified atom stereocenters.